The average Bonchev–Trinajstić information content (AvgIpc) is 2.97. The van der Waals surface area contributed by atoms with Gasteiger partial charge in [-0.25, -0.2) is 4.39 Å². The predicted molar refractivity (Wildman–Crippen MR) is 100 cm³/mol. The van der Waals surface area contributed by atoms with Gasteiger partial charge in [-0.2, -0.15) is 10.4 Å². The largest absolute Gasteiger partial charge is 0.352 e. The Balaban J connectivity index is 2.08. The maximum Gasteiger partial charge on any atom is 0.193 e. The molecule has 0 spiro atoms. The molecule has 1 aromatic carbocycles. The monoisotopic (exact) mass is 356 g/mol. The number of nitrogens with zero attached hydrogens (tertiary/aromatic N) is 5. The molecule has 2 aromatic rings. The number of guanidine groups is 1. The summed E-state index contributed by atoms with van der Waals surface area (Å²) in [6.07, 6.45) is 2.01. The lowest BCUT2D eigenvalue weighted by Crippen LogP contribution is -2.38. The summed E-state index contributed by atoms with van der Waals surface area (Å²) in [5.74, 6) is 0.631. The molecule has 0 aliphatic heterocycles. The van der Waals surface area contributed by atoms with Crippen LogP contribution >= 0.6 is 0 Å². The fraction of sp³-hybridized carbons (Fsp3) is 0.421. The molecule has 0 saturated heterocycles. The fourth-order valence-corrected chi connectivity index (χ4v) is 2.83. The molecule has 1 N–H and O–H groups in total. The number of hydrogen-bond donors (Lipinski definition) is 1. The van der Waals surface area contributed by atoms with Gasteiger partial charge in [0.2, 0.25) is 0 Å². The number of aromatic nitrogens is 2. The van der Waals surface area contributed by atoms with Crippen LogP contribution in [0.1, 0.15) is 42.1 Å². The maximum atomic E-state index is 13.9. The van der Waals surface area contributed by atoms with E-state index in [4.69, 9.17) is 5.26 Å². The molecule has 0 fully saturated rings. The number of aliphatic imine (C=N–C) groups is 1. The van der Waals surface area contributed by atoms with Gasteiger partial charge >= 0.3 is 0 Å². The number of rotatable bonds is 5. The molecule has 2 rings (SSSR count). The van der Waals surface area contributed by atoms with E-state index in [-0.39, 0.29) is 12.4 Å². The van der Waals surface area contributed by atoms with E-state index < -0.39 is 0 Å². The van der Waals surface area contributed by atoms with Crippen LogP contribution in [0.15, 0.2) is 29.4 Å². The smallest absolute Gasteiger partial charge is 0.193 e. The minimum absolute atomic E-state index is 0.252. The van der Waals surface area contributed by atoms with Crippen LogP contribution in [0.4, 0.5) is 4.39 Å². The van der Waals surface area contributed by atoms with Gasteiger partial charge in [-0.05, 0) is 24.1 Å². The number of halogens is 1. The van der Waals surface area contributed by atoms with Crippen molar-refractivity contribution in [2.24, 2.45) is 12.0 Å². The first-order valence-electron chi connectivity index (χ1n) is 8.48. The van der Waals surface area contributed by atoms with Gasteiger partial charge in [-0.3, -0.25) is 9.67 Å². The second-order valence-corrected chi connectivity index (χ2v) is 6.54. The molecule has 0 atom stereocenters. The van der Waals surface area contributed by atoms with Crippen molar-refractivity contribution in [2.45, 2.75) is 32.9 Å². The minimum Gasteiger partial charge on any atom is -0.352 e. The Kier molecular flexibility index (Phi) is 6.34. The molecule has 0 aliphatic rings. The SMILES string of the molecule is CN=C(NCc1cc(C#N)ccc1F)N(C)Cc1cn(C)nc1C(C)C. The topological polar surface area (TPSA) is 69.2 Å². The predicted octanol–water partition coefficient (Wildman–Crippen LogP) is 2.76. The van der Waals surface area contributed by atoms with Crippen molar-refractivity contribution in [3.05, 3.63) is 52.6 Å². The van der Waals surface area contributed by atoms with Gasteiger partial charge in [0, 0.05) is 51.6 Å². The van der Waals surface area contributed by atoms with Crippen molar-refractivity contribution < 1.29 is 4.39 Å². The second kappa shape index (κ2) is 8.48. The molecular formula is C19H25FN6. The molecule has 26 heavy (non-hydrogen) atoms. The van der Waals surface area contributed by atoms with E-state index in [1.165, 1.54) is 12.1 Å². The van der Waals surface area contributed by atoms with E-state index in [1.807, 2.05) is 35.9 Å². The Labute approximate surface area is 154 Å². The Bertz CT molecular complexity index is 831. The molecule has 6 nitrogen and oxygen atoms in total. The number of hydrogen-bond acceptors (Lipinski definition) is 3. The third-order valence-electron chi connectivity index (χ3n) is 4.08. The summed E-state index contributed by atoms with van der Waals surface area (Å²) in [7, 11) is 5.52. The first-order valence-corrected chi connectivity index (χ1v) is 8.48. The second-order valence-electron chi connectivity index (χ2n) is 6.54. The van der Waals surface area contributed by atoms with Crippen LogP contribution in [0.5, 0.6) is 0 Å². The Morgan fingerprint density at radius 1 is 1.42 bits per heavy atom. The van der Waals surface area contributed by atoms with Crippen molar-refractivity contribution in [1.82, 2.24) is 20.0 Å². The lowest BCUT2D eigenvalue weighted by Gasteiger charge is -2.22. The van der Waals surface area contributed by atoms with E-state index in [0.717, 1.165) is 11.3 Å². The number of benzene rings is 1. The van der Waals surface area contributed by atoms with Crippen molar-refractivity contribution in [3.8, 4) is 6.07 Å². The third kappa shape index (κ3) is 4.60. The zero-order chi connectivity index (χ0) is 19.3. The maximum absolute atomic E-state index is 13.9. The van der Waals surface area contributed by atoms with Gasteiger partial charge in [-0.1, -0.05) is 13.8 Å². The highest BCUT2D eigenvalue weighted by Gasteiger charge is 2.15. The third-order valence-corrected chi connectivity index (χ3v) is 4.08. The summed E-state index contributed by atoms with van der Waals surface area (Å²) < 4.78 is 15.8. The standard InChI is InChI=1S/C19H25FN6/c1-13(2)18-16(12-26(5)24-18)11-25(4)19(22-3)23-10-15-8-14(9-21)6-7-17(15)20/h6-8,12-13H,10-11H2,1-5H3,(H,22,23). The van der Waals surface area contributed by atoms with Crippen LogP contribution in [-0.4, -0.2) is 34.7 Å². The summed E-state index contributed by atoms with van der Waals surface area (Å²) >= 11 is 0. The lowest BCUT2D eigenvalue weighted by atomic mass is 10.1. The number of nitriles is 1. The summed E-state index contributed by atoms with van der Waals surface area (Å²) in [6.45, 7) is 5.12. The molecular weight excluding hydrogens is 331 g/mol. The van der Waals surface area contributed by atoms with Gasteiger partial charge in [0.15, 0.2) is 5.96 Å². The van der Waals surface area contributed by atoms with Gasteiger partial charge in [0.1, 0.15) is 5.82 Å². The average molecular weight is 356 g/mol. The van der Waals surface area contributed by atoms with Crippen LogP contribution in [0, 0.1) is 17.1 Å². The number of nitrogens with one attached hydrogen (secondary N) is 1. The van der Waals surface area contributed by atoms with Gasteiger partial charge < -0.3 is 10.2 Å². The van der Waals surface area contributed by atoms with E-state index >= 15 is 0 Å². The van der Waals surface area contributed by atoms with Gasteiger partial charge in [0.25, 0.3) is 0 Å². The Hall–Kier alpha value is -2.88. The van der Waals surface area contributed by atoms with Crippen molar-refractivity contribution in [2.75, 3.05) is 14.1 Å². The van der Waals surface area contributed by atoms with Crippen LogP contribution < -0.4 is 5.32 Å². The highest BCUT2D eigenvalue weighted by Crippen LogP contribution is 2.18. The van der Waals surface area contributed by atoms with Crippen LogP contribution in [-0.2, 0) is 20.1 Å². The molecule has 0 radical (unpaired) electrons. The van der Waals surface area contributed by atoms with Gasteiger partial charge in [0.05, 0.1) is 17.3 Å². The molecule has 0 amide bonds. The van der Waals surface area contributed by atoms with E-state index in [1.54, 1.807) is 13.1 Å². The van der Waals surface area contributed by atoms with E-state index in [2.05, 4.69) is 29.3 Å². The van der Waals surface area contributed by atoms with Crippen molar-refractivity contribution >= 4 is 5.96 Å². The zero-order valence-corrected chi connectivity index (χ0v) is 15.9. The van der Waals surface area contributed by atoms with Crippen LogP contribution in [0.3, 0.4) is 0 Å². The normalized spacial score (nSPS) is 11.5. The zero-order valence-electron chi connectivity index (χ0n) is 15.9. The first kappa shape index (κ1) is 19.4. The van der Waals surface area contributed by atoms with E-state index in [0.29, 0.717) is 29.5 Å². The number of aryl methyl sites for hydroxylation is 1. The highest BCUT2D eigenvalue weighted by atomic mass is 19.1. The molecule has 7 heteroatoms. The van der Waals surface area contributed by atoms with Crippen LogP contribution in [0.2, 0.25) is 0 Å². The minimum atomic E-state index is -0.344. The summed E-state index contributed by atoms with van der Waals surface area (Å²) in [5.41, 5.74) is 3.06. The van der Waals surface area contributed by atoms with Crippen molar-refractivity contribution in [1.29, 1.82) is 5.26 Å². The van der Waals surface area contributed by atoms with E-state index in [9.17, 15) is 4.39 Å². The first-order chi connectivity index (χ1) is 12.3. The molecule has 138 valence electrons. The molecule has 0 bridgehead atoms. The Morgan fingerprint density at radius 3 is 2.77 bits per heavy atom. The lowest BCUT2D eigenvalue weighted by molar-refractivity contribution is 0.472. The molecule has 1 aromatic heterocycles. The Morgan fingerprint density at radius 2 is 2.15 bits per heavy atom. The van der Waals surface area contributed by atoms with Crippen LogP contribution in [0.25, 0.3) is 0 Å². The summed E-state index contributed by atoms with van der Waals surface area (Å²) in [6, 6.07) is 6.36. The molecule has 0 aliphatic carbocycles. The van der Waals surface area contributed by atoms with Crippen molar-refractivity contribution in [3.63, 3.8) is 0 Å². The molecule has 0 saturated carbocycles. The van der Waals surface area contributed by atoms with Gasteiger partial charge in [-0.15, -0.1) is 0 Å². The highest BCUT2D eigenvalue weighted by molar-refractivity contribution is 5.79. The molecule has 0 unspecified atom stereocenters. The fourth-order valence-electron chi connectivity index (χ4n) is 2.83. The summed E-state index contributed by atoms with van der Waals surface area (Å²) in [4.78, 5) is 6.24. The summed E-state index contributed by atoms with van der Waals surface area (Å²) in [5, 5.41) is 16.6. The molecule has 1 heterocycles. The quantitative estimate of drug-likeness (QED) is 0.661.